The Morgan fingerprint density at radius 3 is 2.62 bits per heavy atom. The summed E-state index contributed by atoms with van der Waals surface area (Å²) in [4.78, 5) is 16.4. The van der Waals surface area contributed by atoms with Crippen LogP contribution in [0, 0.1) is 6.92 Å². The van der Waals surface area contributed by atoms with Gasteiger partial charge in [0, 0.05) is 62.5 Å². The van der Waals surface area contributed by atoms with Crippen molar-refractivity contribution in [1.29, 1.82) is 0 Å². The lowest BCUT2D eigenvalue weighted by Crippen LogP contribution is -2.47. The van der Waals surface area contributed by atoms with Gasteiger partial charge in [0.1, 0.15) is 0 Å². The summed E-state index contributed by atoms with van der Waals surface area (Å²) in [7, 11) is 0. The lowest BCUT2D eigenvalue weighted by Gasteiger charge is -2.36. The zero-order chi connectivity index (χ0) is 17.1. The molecule has 2 aromatic rings. The van der Waals surface area contributed by atoms with Gasteiger partial charge in [-0.05, 0) is 31.2 Å². The molecule has 0 unspecified atom stereocenters. The third-order valence-electron chi connectivity index (χ3n) is 4.43. The molecule has 0 radical (unpaired) electrons. The van der Waals surface area contributed by atoms with Gasteiger partial charge < -0.3 is 4.90 Å². The van der Waals surface area contributed by atoms with Crippen molar-refractivity contribution in [1.82, 2.24) is 14.7 Å². The fraction of sp³-hybridized carbons (Fsp3) is 0.444. The van der Waals surface area contributed by atoms with E-state index in [0.717, 1.165) is 55.6 Å². The van der Waals surface area contributed by atoms with Crippen molar-refractivity contribution in [3.05, 3.63) is 46.7 Å². The minimum absolute atomic E-state index is 0.0242. The molecular weight excluding hydrogens is 324 g/mol. The third-order valence-corrected chi connectivity index (χ3v) is 4.67. The predicted molar refractivity (Wildman–Crippen MR) is 97.1 cm³/mol. The highest BCUT2D eigenvalue weighted by molar-refractivity contribution is 6.30. The third kappa shape index (κ3) is 3.97. The average molecular weight is 347 g/mol. The number of aromatic nitrogens is 2. The number of carbonyl (C=O) groups excluding carboxylic acids is 1. The van der Waals surface area contributed by atoms with Crippen LogP contribution in [0.1, 0.15) is 23.1 Å². The second-order valence-electron chi connectivity index (χ2n) is 6.27. The molecule has 24 heavy (non-hydrogen) atoms. The SMILES string of the molecule is CC(=O)n1nc(C)cc1CCN1CCN(c2cccc(Cl)c2)CC1. The molecule has 5 nitrogen and oxygen atoms in total. The van der Waals surface area contributed by atoms with Crippen LogP contribution in [0.15, 0.2) is 30.3 Å². The van der Waals surface area contributed by atoms with Gasteiger partial charge in [0.2, 0.25) is 5.91 Å². The van der Waals surface area contributed by atoms with Gasteiger partial charge in [-0.1, -0.05) is 17.7 Å². The van der Waals surface area contributed by atoms with Gasteiger partial charge in [0.15, 0.2) is 0 Å². The summed E-state index contributed by atoms with van der Waals surface area (Å²) in [6.45, 7) is 8.43. The summed E-state index contributed by atoms with van der Waals surface area (Å²) in [5, 5.41) is 5.04. The fourth-order valence-corrected chi connectivity index (χ4v) is 3.36. The Bertz CT molecular complexity index is 720. The maximum absolute atomic E-state index is 11.6. The van der Waals surface area contributed by atoms with Crippen LogP contribution in [0.3, 0.4) is 0 Å². The minimum atomic E-state index is -0.0242. The number of carbonyl (C=O) groups is 1. The van der Waals surface area contributed by atoms with Crippen LogP contribution in [0.25, 0.3) is 0 Å². The second-order valence-corrected chi connectivity index (χ2v) is 6.70. The van der Waals surface area contributed by atoms with E-state index in [1.807, 2.05) is 31.2 Å². The van der Waals surface area contributed by atoms with E-state index in [0.29, 0.717) is 0 Å². The van der Waals surface area contributed by atoms with Crippen molar-refractivity contribution in [2.45, 2.75) is 20.3 Å². The summed E-state index contributed by atoms with van der Waals surface area (Å²) in [5.74, 6) is -0.0242. The zero-order valence-corrected chi connectivity index (χ0v) is 15.0. The van der Waals surface area contributed by atoms with Crippen molar-refractivity contribution in [2.24, 2.45) is 0 Å². The van der Waals surface area contributed by atoms with Gasteiger partial charge in [-0.3, -0.25) is 9.69 Å². The predicted octanol–water partition coefficient (Wildman–Crippen LogP) is 2.87. The van der Waals surface area contributed by atoms with E-state index in [9.17, 15) is 4.79 Å². The molecule has 0 saturated carbocycles. The van der Waals surface area contributed by atoms with Crippen molar-refractivity contribution < 1.29 is 4.79 Å². The number of piperazine rings is 1. The van der Waals surface area contributed by atoms with Crippen LogP contribution >= 0.6 is 11.6 Å². The Labute approximate surface area is 147 Å². The second kappa shape index (κ2) is 7.36. The van der Waals surface area contributed by atoms with Crippen LogP contribution < -0.4 is 4.90 Å². The molecule has 0 amide bonds. The van der Waals surface area contributed by atoms with Crippen LogP contribution in [0.2, 0.25) is 5.02 Å². The van der Waals surface area contributed by atoms with E-state index < -0.39 is 0 Å². The van der Waals surface area contributed by atoms with E-state index in [-0.39, 0.29) is 5.91 Å². The Morgan fingerprint density at radius 2 is 1.96 bits per heavy atom. The van der Waals surface area contributed by atoms with Crippen molar-refractivity contribution in [3.63, 3.8) is 0 Å². The molecule has 0 N–H and O–H groups in total. The topological polar surface area (TPSA) is 41.4 Å². The van der Waals surface area contributed by atoms with E-state index in [1.165, 1.54) is 10.4 Å². The molecule has 2 heterocycles. The molecule has 1 aromatic carbocycles. The first kappa shape index (κ1) is 17.0. The van der Waals surface area contributed by atoms with Gasteiger partial charge in [0.25, 0.3) is 0 Å². The van der Waals surface area contributed by atoms with Crippen LogP contribution in [0.5, 0.6) is 0 Å². The van der Waals surface area contributed by atoms with Gasteiger partial charge >= 0.3 is 0 Å². The van der Waals surface area contributed by atoms with E-state index in [4.69, 9.17) is 11.6 Å². The highest BCUT2D eigenvalue weighted by Crippen LogP contribution is 2.20. The van der Waals surface area contributed by atoms with Gasteiger partial charge in [0.05, 0.1) is 5.69 Å². The smallest absolute Gasteiger partial charge is 0.243 e. The van der Waals surface area contributed by atoms with Crippen molar-refractivity contribution >= 4 is 23.2 Å². The lowest BCUT2D eigenvalue weighted by molar-refractivity contribution is 0.0916. The van der Waals surface area contributed by atoms with Crippen molar-refractivity contribution in [3.8, 4) is 0 Å². The Morgan fingerprint density at radius 1 is 1.21 bits per heavy atom. The number of aryl methyl sites for hydroxylation is 1. The Balaban J connectivity index is 1.54. The largest absolute Gasteiger partial charge is 0.369 e. The standard InChI is InChI=1S/C18H23ClN4O/c1-14-12-18(23(20-14)15(2)24)6-7-21-8-10-22(11-9-21)17-5-3-4-16(19)13-17/h3-5,12-13H,6-11H2,1-2H3. The molecule has 1 aliphatic heterocycles. The number of hydrogen-bond donors (Lipinski definition) is 0. The summed E-state index contributed by atoms with van der Waals surface area (Å²) in [6, 6.07) is 10.0. The molecule has 0 aliphatic carbocycles. The molecule has 0 bridgehead atoms. The quantitative estimate of drug-likeness (QED) is 0.853. The monoisotopic (exact) mass is 346 g/mol. The fourth-order valence-electron chi connectivity index (χ4n) is 3.18. The summed E-state index contributed by atoms with van der Waals surface area (Å²) in [5.41, 5.74) is 3.08. The number of nitrogens with zero attached hydrogens (tertiary/aromatic N) is 4. The maximum atomic E-state index is 11.6. The summed E-state index contributed by atoms with van der Waals surface area (Å²) >= 11 is 6.08. The Kier molecular flexibility index (Phi) is 5.21. The molecule has 3 rings (SSSR count). The lowest BCUT2D eigenvalue weighted by atomic mass is 10.2. The zero-order valence-electron chi connectivity index (χ0n) is 14.2. The summed E-state index contributed by atoms with van der Waals surface area (Å²) < 4.78 is 1.53. The molecule has 0 spiro atoms. The molecule has 6 heteroatoms. The average Bonchev–Trinajstić information content (AvgIpc) is 2.95. The van der Waals surface area contributed by atoms with Gasteiger partial charge in [-0.2, -0.15) is 5.10 Å². The molecular formula is C18H23ClN4O. The van der Waals surface area contributed by atoms with Crippen molar-refractivity contribution in [2.75, 3.05) is 37.6 Å². The number of hydrogen-bond acceptors (Lipinski definition) is 4. The summed E-state index contributed by atoms with van der Waals surface area (Å²) in [6.07, 6.45) is 0.845. The molecule has 128 valence electrons. The molecule has 0 atom stereocenters. The van der Waals surface area contributed by atoms with Crippen LogP contribution in [-0.2, 0) is 6.42 Å². The first-order valence-electron chi connectivity index (χ1n) is 8.32. The molecule has 1 fully saturated rings. The number of halogens is 1. The number of benzene rings is 1. The van der Waals surface area contributed by atoms with Gasteiger partial charge in [-0.25, -0.2) is 4.68 Å². The van der Waals surface area contributed by atoms with Gasteiger partial charge in [-0.15, -0.1) is 0 Å². The first-order chi connectivity index (χ1) is 11.5. The number of rotatable bonds is 4. The molecule has 1 aliphatic rings. The number of anilines is 1. The minimum Gasteiger partial charge on any atom is -0.369 e. The maximum Gasteiger partial charge on any atom is 0.243 e. The Hall–Kier alpha value is -1.85. The normalized spacial score (nSPS) is 15.7. The molecule has 1 saturated heterocycles. The van der Waals surface area contributed by atoms with E-state index in [1.54, 1.807) is 6.92 Å². The first-order valence-corrected chi connectivity index (χ1v) is 8.70. The highest BCUT2D eigenvalue weighted by Gasteiger charge is 2.18. The van der Waals surface area contributed by atoms with E-state index in [2.05, 4.69) is 21.0 Å². The van der Waals surface area contributed by atoms with Crippen LogP contribution in [-0.4, -0.2) is 53.3 Å². The van der Waals surface area contributed by atoms with E-state index >= 15 is 0 Å². The van der Waals surface area contributed by atoms with Crippen LogP contribution in [0.4, 0.5) is 5.69 Å². The molecule has 1 aromatic heterocycles. The highest BCUT2D eigenvalue weighted by atomic mass is 35.5.